The number of aryl methyl sites for hydroxylation is 1. The van der Waals surface area contributed by atoms with Gasteiger partial charge in [0.05, 0.1) is 0 Å². The molecule has 120 valence electrons. The molecule has 2 unspecified atom stereocenters. The Morgan fingerprint density at radius 3 is 2.59 bits per heavy atom. The van der Waals surface area contributed by atoms with E-state index in [4.69, 9.17) is 0 Å². The van der Waals surface area contributed by atoms with Gasteiger partial charge in [0.15, 0.2) is 5.78 Å². The molecule has 0 spiro atoms. The fourth-order valence-electron chi connectivity index (χ4n) is 4.19. The number of carbonyl (C=O) groups is 2. The van der Waals surface area contributed by atoms with E-state index in [-0.39, 0.29) is 11.7 Å². The minimum atomic E-state index is 0.0402. The lowest BCUT2D eigenvalue weighted by atomic mass is 9.85. The van der Waals surface area contributed by atoms with Crippen LogP contribution in [0.5, 0.6) is 0 Å². The van der Waals surface area contributed by atoms with Crippen LogP contribution < -0.4 is 0 Å². The molecule has 0 saturated heterocycles. The van der Waals surface area contributed by atoms with Crippen molar-refractivity contribution < 1.29 is 9.59 Å². The quantitative estimate of drug-likeness (QED) is 0.909. The summed E-state index contributed by atoms with van der Waals surface area (Å²) in [4.78, 5) is 30.2. The second kappa shape index (κ2) is 5.90. The molecule has 1 aromatic heterocycles. The number of Topliss-reactive ketones (excluding diaryl/α,β-unsaturated/α-hetero) is 1. The first kappa shape index (κ1) is 15.3. The minimum absolute atomic E-state index is 0.0402. The van der Waals surface area contributed by atoms with Gasteiger partial charge in [-0.2, -0.15) is 0 Å². The van der Waals surface area contributed by atoms with Gasteiger partial charge in [-0.05, 0) is 44.1 Å². The van der Waals surface area contributed by atoms with E-state index in [1.54, 1.807) is 0 Å². The van der Waals surface area contributed by atoms with Crippen LogP contribution in [0.15, 0.2) is 0 Å². The highest BCUT2D eigenvalue weighted by atomic mass is 16.2. The summed E-state index contributed by atoms with van der Waals surface area (Å²) >= 11 is 0. The van der Waals surface area contributed by atoms with Crippen molar-refractivity contribution in [1.82, 2.24) is 9.88 Å². The molecule has 0 radical (unpaired) electrons. The number of aromatic nitrogens is 1. The third-order valence-electron chi connectivity index (χ3n) is 5.54. The van der Waals surface area contributed by atoms with Crippen LogP contribution >= 0.6 is 0 Å². The van der Waals surface area contributed by atoms with E-state index in [0.717, 1.165) is 36.1 Å². The molecule has 0 bridgehead atoms. The summed E-state index contributed by atoms with van der Waals surface area (Å²) < 4.78 is 0. The van der Waals surface area contributed by atoms with Crippen LogP contribution in [0, 0.1) is 12.8 Å². The Balaban J connectivity index is 1.87. The molecular weight excluding hydrogens is 276 g/mol. The maximum Gasteiger partial charge on any atom is 0.270 e. The first-order chi connectivity index (χ1) is 10.5. The summed E-state index contributed by atoms with van der Waals surface area (Å²) in [5, 5.41) is 0. The van der Waals surface area contributed by atoms with Gasteiger partial charge in [-0.15, -0.1) is 0 Å². The summed E-state index contributed by atoms with van der Waals surface area (Å²) in [6.07, 6.45) is 7.11. The number of ketones is 1. The average Bonchev–Trinajstić information content (AvgIpc) is 2.85. The fraction of sp³-hybridized carbons (Fsp3) is 0.667. The number of H-pyrrole nitrogens is 1. The number of hydrogen-bond acceptors (Lipinski definition) is 2. The predicted molar refractivity (Wildman–Crippen MR) is 86.3 cm³/mol. The third-order valence-corrected chi connectivity index (χ3v) is 5.54. The van der Waals surface area contributed by atoms with Crippen molar-refractivity contribution in [2.24, 2.45) is 5.92 Å². The molecule has 4 nitrogen and oxygen atoms in total. The average molecular weight is 302 g/mol. The van der Waals surface area contributed by atoms with E-state index >= 15 is 0 Å². The zero-order valence-corrected chi connectivity index (χ0v) is 13.9. The Bertz CT molecular complexity index is 602. The lowest BCUT2D eigenvalue weighted by Gasteiger charge is -2.36. The smallest absolute Gasteiger partial charge is 0.270 e. The summed E-state index contributed by atoms with van der Waals surface area (Å²) in [6.45, 7) is 4.15. The minimum Gasteiger partial charge on any atom is -0.354 e. The molecule has 2 aliphatic carbocycles. The highest BCUT2D eigenvalue weighted by molar-refractivity contribution is 6.04. The summed E-state index contributed by atoms with van der Waals surface area (Å²) in [7, 11) is 1.91. The topological polar surface area (TPSA) is 53.2 Å². The van der Waals surface area contributed by atoms with Gasteiger partial charge in [0, 0.05) is 30.8 Å². The zero-order chi connectivity index (χ0) is 15.9. The molecule has 1 saturated carbocycles. The Labute approximate surface area is 132 Å². The van der Waals surface area contributed by atoms with E-state index in [0.29, 0.717) is 24.1 Å². The highest BCUT2D eigenvalue weighted by Gasteiger charge is 2.32. The SMILES string of the molecule is Cc1c(C(=O)N(C)C2CCCCC2C)[nH]c2c1C(=O)CCC2. The first-order valence-corrected chi connectivity index (χ1v) is 8.52. The number of aromatic amines is 1. The molecule has 0 aliphatic heterocycles. The fourth-order valence-corrected chi connectivity index (χ4v) is 4.19. The van der Waals surface area contributed by atoms with Crippen LogP contribution in [0.4, 0.5) is 0 Å². The van der Waals surface area contributed by atoms with Crippen molar-refractivity contribution in [2.45, 2.75) is 64.8 Å². The van der Waals surface area contributed by atoms with E-state index in [9.17, 15) is 9.59 Å². The largest absolute Gasteiger partial charge is 0.354 e. The zero-order valence-electron chi connectivity index (χ0n) is 13.9. The monoisotopic (exact) mass is 302 g/mol. The van der Waals surface area contributed by atoms with Crippen molar-refractivity contribution in [2.75, 3.05) is 7.05 Å². The molecule has 4 heteroatoms. The van der Waals surface area contributed by atoms with Gasteiger partial charge in [-0.1, -0.05) is 19.8 Å². The second-order valence-corrected chi connectivity index (χ2v) is 7.00. The third kappa shape index (κ3) is 2.49. The van der Waals surface area contributed by atoms with E-state index in [1.807, 2.05) is 18.9 Å². The summed E-state index contributed by atoms with van der Waals surface area (Å²) in [5.74, 6) is 0.774. The van der Waals surface area contributed by atoms with Crippen LogP contribution in [-0.4, -0.2) is 34.7 Å². The van der Waals surface area contributed by atoms with Crippen molar-refractivity contribution >= 4 is 11.7 Å². The van der Waals surface area contributed by atoms with Gasteiger partial charge < -0.3 is 9.88 Å². The van der Waals surface area contributed by atoms with Gasteiger partial charge in [0.1, 0.15) is 5.69 Å². The summed E-state index contributed by atoms with van der Waals surface area (Å²) in [6, 6.07) is 0.316. The Morgan fingerprint density at radius 2 is 1.91 bits per heavy atom. The molecule has 1 fully saturated rings. The van der Waals surface area contributed by atoms with Gasteiger partial charge in [0.2, 0.25) is 0 Å². The number of nitrogens with zero attached hydrogens (tertiary/aromatic N) is 1. The van der Waals surface area contributed by atoms with Crippen molar-refractivity contribution in [3.05, 3.63) is 22.5 Å². The van der Waals surface area contributed by atoms with Crippen molar-refractivity contribution in [3.63, 3.8) is 0 Å². The molecule has 1 aromatic rings. The highest BCUT2D eigenvalue weighted by Crippen LogP contribution is 2.30. The number of nitrogens with one attached hydrogen (secondary N) is 1. The van der Waals surface area contributed by atoms with Crippen LogP contribution in [0.2, 0.25) is 0 Å². The number of carbonyl (C=O) groups excluding carboxylic acids is 2. The molecule has 1 heterocycles. The maximum absolute atomic E-state index is 12.9. The van der Waals surface area contributed by atoms with E-state index < -0.39 is 0 Å². The molecule has 2 aliphatic rings. The van der Waals surface area contributed by atoms with E-state index in [2.05, 4.69) is 11.9 Å². The van der Waals surface area contributed by atoms with E-state index in [1.165, 1.54) is 19.3 Å². The molecule has 1 N–H and O–H groups in total. The van der Waals surface area contributed by atoms with Crippen LogP contribution in [0.1, 0.15) is 77.6 Å². The molecule has 22 heavy (non-hydrogen) atoms. The van der Waals surface area contributed by atoms with Crippen molar-refractivity contribution in [3.8, 4) is 0 Å². The number of amides is 1. The molecule has 2 atom stereocenters. The molecule has 3 rings (SSSR count). The normalized spacial score (nSPS) is 25.0. The summed E-state index contributed by atoms with van der Waals surface area (Å²) in [5.41, 5.74) is 3.21. The number of rotatable bonds is 2. The lowest BCUT2D eigenvalue weighted by Crippen LogP contribution is -2.43. The van der Waals surface area contributed by atoms with Crippen LogP contribution in [0.25, 0.3) is 0 Å². The molecular formula is C18H26N2O2. The number of hydrogen-bond donors (Lipinski definition) is 1. The maximum atomic E-state index is 12.9. The first-order valence-electron chi connectivity index (χ1n) is 8.52. The Hall–Kier alpha value is -1.58. The van der Waals surface area contributed by atoms with Crippen LogP contribution in [-0.2, 0) is 6.42 Å². The van der Waals surface area contributed by atoms with Gasteiger partial charge in [-0.25, -0.2) is 0 Å². The van der Waals surface area contributed by atoms with Gasteiger partial charge in [-0.3, -0.25) is 9.59 Å². The number of fused-ring (bicyclic) bond motifs is 1. The lowest BCUT2D eigenvalue weighted by molar-refractivity contribution is 0.0623. The Kier molecular flexibility index (Phi) is 4.11. The standard InChI is InChI=1S/C18H26N2O2/c1-11-7-4-5-9-14(11)20(3)18(22)17-12(2)16-13(19-17)8-6-10-15(16)21/h11,14,19H,4-10H2,1-3H3. The van der Waals surface area contributed by atoms with Crippen LogP contribution in [0.3, 0.4) is 0 Å². The van der Waals surface area contributed by atoms with Gasteiger partial charge in [0.25, 0.3) is 5.91 Å². The molecule has 0 aromatic carbocycles. The predicted octanol–water partition coefficient (Wildman–Crippen LogP) is 3.49. The molecule has 1 amide bonds. The van der Waals surface area contributed by atoms with Gasteiger partial charge >= 0.3 is 0 Å². The second-order valence-electron chi connectivity index (χ2n) is 7.00. The Morgan fingerprint density at radius 1 is 1.18 bits per heavy atom. The van der Waals surface area contributed by atoms with Crippen molar-refractivity contribution in [1.29, 1.82) is 0 Å².